The molecule has 0 bridgehead atoms. The average molecular weight is 280 g/mol. The summed E-state index contributed by atoms with van der Waals surface area (Å²) in [5.74, 6) is 1.38. The number of phenols is 1. The molecule has 3 aromatic rings. The summed E-state index contributed by atoms with van der Waals surface area (Å²) in [4.78, 5) is 4.28. The summed E-state index contributed by atoms with van der Waals surface area (Å²) >= 11 is 0. The maximum absolute atomic E-state index is 9.66. The number of rotatable bonds is 3. The third kappa shape index (κ3) is 2.66. The number of pyridine rings is 1. The summed E-state index contributed by atoms with van der Waals surface area (Å²) in [6, 6.07) is 12.9. The molecule has 3 N–H and O–H groups in total. The highest BCUT2D eigenvalue weighted by Crippen LogP contribution is 2.31. The van der Waals surface area contributed by atoms with Gasteiger partial charge in [-0.25, -0.2) is 4.98 Å². The molecule has 0 fully saturated rings. The molecule has 0 spiro atoms. The lowest BCUT2D eigenvalue weighted by atomic mass is 10.1. The van der Waals surface area contributed by atoms with Crippen molar-refractivity contribution in [3.05, 3.63) is 59.8 Å². The highest BCUT2D eigenvalue weighted by atomic mass is 16.5. The minimum atomic E-state index is 0.188. The molecule has 2 aromatic carbocycles. The number of fused-ring (bicyclic) bond motifs is 1. The van der Waals surface area contributed by atoms with E-state index in [-0.39, 0.29) is 5.75 Å². The fourth-order valence-electron chi connectivity index (χ4n) is 2.20. The van der Waals surface area contributed by atoms with Crippen molar-refractivity contribution < 1.29 is 9.84 Å². The third-order valence-electron chi connectivity index (χ3n) is 3.41. The van der Waals surface area contributed by atoms with Crippen molar-refractivity contribution >= 4 is 10.8 Å². The number of benzene rings is 2. The van der Waals surface area contributed by atoms with Gasteiger partial charge in [-0.2, -0.15) is 0 Å². The van der Waals surface area contributed by atoms with Crippen LogP contribution in [0.2, 0.25) is 0 Å². The maximum atomic E-state index is 9.66. The van der Waals surface area contributed by atoms with E-state index < -0.39 is 0 Å². The zero-order valence-corrected chi connectivity index (χ0v) is 11.7. The molecule has 0 atom stereocenters. The number of aromatic hydroxyl groups is 1. The number of hydrogen-bond donors (Lipinski definition) is 2. The van der Waals surface area contributed by atoms with E-state index in [9.17, 15) is 5.11 Å². The van der Waals surface area contributed by atoms with Gasteiger partial charge < -0.3 is 15.6 Å². The van der Waals surface area contributed by atoms with Crippen LogP contribution in [0.25, 0.3) is 10.8 Å². The molecule has 0 aliphatic carbocycles. The molecule has 0 aliphatic heterocycles. The van der Waals surface area contributed by atoms with Crippen molar-refractivity contribution in [1.29, 1.82) is 0 Å². The number of ether oxygens (including phenoxy) is 1. The van der Waals surface area contributed by atoms with Crippen molar-refractivity contribution in [2.45, 2.75) is 13.5 Å². The molecule has 4 heteroatoms. The molecule has 106 valence electrons. The van der Waals surface area contributed by atoms with E-state index in [2.05, 4.69) is 4.98 Å². The van der Waals surface area contributed by atoms with Crippen LogP contribution in [0.4, 0.5) is 0 Å². The Balaban J connectivity index is 2.08. The van der Waals surface area contributed by atoms with E-state index in [1.807, 2.05) is 37.3 Å². The first-order chi connectivity index (χ1) is 10.2. The monoisotopic (exact) mass is 280 g/mol. The molecule has 0 radical (unpaired) electrons. The predicted octanol–water partition coefficient (Wildman–Crippen LogP) is 3.50. The fourth-order valence-corrected chi connectivity index (χ4v) is 2.20. The van der Waals surface area contributed by atoms with Crippen LogP contribution in [-0.4, -0.2) is 10.1 Å². The molecule has 0 aliphatic rings. The van der Waals surface area contributed by atoms with Crippen LogP contribution in [-0.2, 0) is 6.54 Å². The zero-order chi connectivity index (χ0) is 14.8. The molecular weight excluding hydrogens is 264 g/mol. The van der Waals surface area contributed by atoms with Gasteiger partial charge in [0.15, 0.2) is 0 Å². The van der Waals surface area contributed by atoms with Crippen molar-refractivity contribution in [2.24, 2.45) is 5.73 Å². The van der Waals surface area contributed by atoms with E-state index in [1.165, 1.54) is 0 Å². The summed E-state index contributed by atoms with van der Waals surface area (Å²) in [7, 11) is 0. The topological polar surface area (TPSA) is 68.4 Å². The molecule has 0 saturated heterocycles. The zero-order valence-electron chi connectivity index (χ0n) is 11.7. The van der Waals surface area contributed by atoms with E-state index >= 15 is 0 Å². The van der Waals surface area contributed by atoms with Crippen molar-refractivity contribution in [3.8, 4) is 17.4 Å². The van der Waals surface area contributed by atoms with Crippen LogP contribution in [0.1, 0.15) is 11.1 Å². The normalized spacial score (nSPS) is 10.8. The van der Waals surface area contributed by atoms with E-state index in [1.54, 1.807) is 18.3 Å². The molecule has 1 aromatic heterocycles. The Hall–Kier alpha value is -2.59. The predicted molar refractivity (Wildman–Crippen MR) is 82.6 cm³/mol. The standard InChI is InChI=1S/C17H16N2O2/c1-11-2-3-12(10-18)8-16(11)21-17-15-9-14(20)5-4-13(15)6-7-19-17/h2-9,20H,10,18H2,1H3. The van der Waals surface area contributed by atoms with Gasteiger partial charge in [-0.15, -0.1) is 0 Å². The molecule has 21 heavy (non-hydrogen) atoms. The van der Waals surface area contributed by atoms with Gasteiger partial charge in [0.2, 0.25) is 5.88 Å². The lowest BCUT2D eigenvalue weighted by molar-refractivity contribution is 0.462. The fraction of sp³-hybridized carbons (Fsp3) is 0.118. The quantitative estimate of drug-likeness (QED) is 0.770. The van der Waals surface area contributed by atoms with Crippen LogP contribution >= 0.6 is 0 Å². The van der Waals surface area contributed by atoms with E-state index in [4.69, 9.17) is 10.5 Å². The van der Waals surface area contributed by atoms with E-state index in [0.29, 0.717) is 12.4 Å². The lowest BCUT2D eigenvalue weighted by Crippen LogP contribution is -1.98. The Morgan fingerprint density at radius 3 is 2.81 bits per heavy atom. The first kappa shape index (κ1) is 13.4. The van der Waals surface area contributed by atoms with Gasteiger partial charge in [0.05, 0.1) is 0 Å². The van der Waals surface area contributed by atoms with Crippen LogP contribution < -0.4 is 10.5 Å². The average Bonchev–Trinajstić information content (AvgIpc) is 2.50. The van der Waals surface area contributed by atoms with E-state index in [0.717, 1.165) is 27.6 Å². The van der Waals surface area contributed by atoms with Gasteiger partial charge >= 0.3 is 0 Å². The number of aromatic nitrogens is 1. The van der Waals surface area contributed by atoms with Gasteiger partial charge in [-0.3, -0.25) is 0 Å². The second-order valence-corrected chi connectivity index (χ2v) is 4.93. The second-order valence-electron chi connectivity index (χ2n) is 4.93. The summed E-state index contributed by atoms with van der Waals surface area (Å²) in [6.45, 7) is 2.43. The van der Waals surface area contributed by atoms with Crippen molar-refractivity contribution in [3.63, 3.8) is 0 Å². The first-order valence-electron chi connectivity index (χ1n) is 6.72. The molecular formula is C17H16N2O2. The van der Waals surface area contributed by atoms with Gasteiger partial charge in [0.25, 0.3) is 0 Å². The number of phenolic OH excluding ortho intramolecular Hbond substituents is 1. The number of nitrogens with two attached hydrogens (primary N) is 1. The van der Waals surface area contributed by atoms with Crippen LogP contribution in [0, 0.1) is 6.92 Å². The van der Waals surface area contributed by atoms with Gasteiger partial charge in [-0.05, 0) is 47.7 Å². The third-order valence-corrected chi connectivity index (χ3v) is 3.41. The Morgan fingerprint density at radius 2 is 2.00 bits per heavy atom. The SMILES string of the molecule is Cc1ccc(CN)cc1Oc1nccc2ccc(O)cc12. The van der Waals surface area contributed by atoms with Crippen LogP contribution in [0.15, 0.2) is 48.7 Å². The summed E-state index contributed by atoms with van der Waals surface area (Å²) in [6.07, 6.45) is 1.69. The number of aryl methyl sites for hydroxylation is 1. The molecule has 1 heterocycles. The molecule has 0 amide bonds. The number of nitrogens with zero attached hydrogens (tertiary/aromatic N) is 1. The summed E-state index contributed by atoms with van der Waals surface area (Å²) < 4.78 is 5.94. The summed E-state index contributed by atoms with van der Waals surface area (Å²) in [5, 5.41) is 11.4. The van der Waals surface area contributed by atoms with Crippen LogP contribution in [0.3, 0.4) is 0 Å². The Labute approximate surface area is 122 Å². The smallest absolute Gasteiger partial charge is 0.227 e. The van der Waals surface area contributed by atoms with Gasteiger partial charge in [0, 0.05) is 18.1 Å². The largest absolute Gasteiger partial charge is 0.508 e. The second kappa shape index (κ2) is 5.42. The minimum Gasteiger partial charge on any atom is -0.508 e. The van der Waals surface area contributed by atoms with Crippen LogP contribution in [0.5, 0.6) is 17.4 Å². The Morgan fingerprint density at radius 1 is 1.14 bits per heavy atom. The molecule has 4 nitrogen and oxygen atoms in total. The number of hydrogen-bond acceptors (Lipinski definition) is 4. The van der Waals surface area contributed by atoms with Gasteiger partial charge in [0.1, 0.15) is 11.5 Å². The molecule has 0 unspecified atom stereocenters. The first-order valence-corrected chi connectivity index (χ1v) is 6.72. The van der Waals surface area contributed by atoms with Crippen molar-refractivity contribution in [2.75, 3.05) is 0 Å². The minimum absolute atomic E-state index is 0.188. The lowest BCUT2D eigenvalue weighted by Gasteiger charge is -2.11. The highest BCUT2D eigenvalue weighted by molar-refractivity contribution is 5.88. The van der Waals surface area contributed by atoms with Gasteiger partial charge in [-0.1, -0.05) is 18.2 Å². The van der Waals surface area contributed by atoms with Crippen molar-refractivity contribution in [1.82, 2.24) is 4.98 Å². The highest BCUT2D eigenvalue weighted by Gasteiger charge is 2.08. The molecule has 0 saturated carbocycles. The Kier molecular flexibility index (Phi) is 3.46. The maximum Gasteiger partial charge on any atom is 0.227 e. The Bertz CT molecular complexity index is 800. The molecule has 3 rings (SSSR count). The summed E-state index contributed by atoms with van der Waals surface area (Å²) in [5.41, 5.74) is 7.67.